The standard InChI is InChI=1S/C20H28N4O3S2/c1-14(2)19(16-7-5-4-6-8-16)21-18(25)12-28-20-23-22-17(24(20)3)11-15-9-10-29(26,27)13-15/h4-8,14-15,19H,9-13H2,1-3H3,(H,21,25). The molecule has 2 unspecified atom stereocenters. The summed E-state index contributed by atoms with van der Waals surface area (Å²) in [6, 6.07) is 9.92. The van der Waals surface area contributed by atoms with Gasteiger partial charge < -0.3 is 9.88 Å². The van der Waals surface area contributed by atoms with Gasteiger partial charge in [0.05, 0.1) is 23.3 Å². The number of rotatable bonds is 8. The van der Waals surface area contributed by atoms with Gasteiger partial charge in [-0.1, -0.05) is 55.9 Å². The molecule has 9 heteroatoms. The van der Waals surface area contributed by atoms with E-state index < -0.39 is 9.84 Å². The smallest absolute Gasteiger partial charge is 0.230 e. The van der Waals surface area contributed by atoms with Crippen molar-refractivity contribution in [1.82, 2.24) is 20.1 Å². The Hall–Kier alpha value is -1.87. The van der Waals surface area contributed by atoms with Crippen molar-refractivity contribution in [1.29, 1.82) is 0 Å². The number of hydrogen-bond donors (Lipinski definition) is 1. The molecule has 2 atom stereocenters. The van der Waals surface area contributed by atoms with Crippen LogP contribution >= 0.6 is 11.8 Å². The first-order valence-corrected chi connectivity index (χ1v) is 12.6. The molecule has 3 rings (SSSR count). The molecule has 1 aromatic heterocycles. The second-order valence-corrected chi connectivity index (χ2v) is 11.1. The van der Waals surface area contributed by atoms with Gasteiger partial charge in [-0.3, -0.25) is 4.79 Å². The lowest BCUT2D eigenvalue weighted by Crippen LogP contribution is -2.33. The van der Waals surface area contributed by atoms with Gasteiger partial charge >= 0.3 is 0 Å². The molecule has 2 aromatic rings. The number of aromatic nitrogens is 3. The van der Waals surface area contributed by atoms with Crippen LogP contribution in [-0.2, 0) is 28.1 Å². The minimum atomic E-state index is -2.90. The summed E-state index contributed by atoms with van der Waals surface area (Å²) in [7, 11) is -1.04. The van der Waals surface area contributed by atoms with Crippen LogP contribution in [0.1, 0.15) is 37.7 Å². The number of sulfone groups is 1. The molecule has 0 radical (unpaired) electrons. The van der Waals surface area contributed by atoms with Crippen molar-refractivity contribution < 1.29 is 13.2 Å². The van der Waals surface area contributed by atoms with E-state index in [0.29, 0.717) is 18.0 Å². The van der Waals surface area contributed by atoms with Crippen LogP contribution in [0.15, 0.2) is 35.5 Å². The summed E-state index contributed by atoms with van der Waals surface area (Å²) in [6.45, 7) is 4.17. The van der Waals surface area contributed by atoms with Gasteiger partial charge in [-0.05, 0) is 23.8 Å². The van der Waals surface area contributed by atoms with E-state index in [4.69, 9.17) is 0 Å². The van der Waals surface area contributed by atoms with E-state index in [2.05, 4.69) is 29.4 Å². The van der Waals surface area contributed by atoms with E-state index >= 15 is 0 Å². The lowest BCUT2D eigenvalue weighted by molar-refractivity contribution is -0.119. The van der Waals surface area contributed by atoms with Gasteiger partial charge in [0.15, 0.2) is 15.0 Å². The number of nitrogens with one attached hydrogen (secondary N) is 1. The zero-order valence-electron chi connectivity index (χ0n) is 17.0. The molecule has 158 valence electrons. The molecule has 0 saturated carbocycles. The Kier molecular flexibility index (Phi) is 7.00. The molecule has 29 heavy (non-hydrogen) atoms. The predicted molar refractivity (Wildman–Crippen MR) is 114 cm³/mol. The van der Waals surface area contributed by atoms with Gasteiger partial charge in [-0.25, -0.2) is 8.42 Å². The number of carbonyl (C=O) groups is 1. The molecule has 1 saturated heterocycles. The number of thioether (sulfide) groups is 1. The van der Waals surface area contributed by atoms with Gasteiger partial charge in [-0.15, -0.1) is 10.2 Å². The zero-order chi connectivity index (χ0) is 21.0. The summed E-state index contributed by atoms with van der Waals surface area (Å²) in [6.07, 6.45) is 1.27. The Bertz CT molecular complexity index is 942. The molecular formula is C20H28N4O3S2. The Morgan fingerprint density at radius 3 is 2.62 bits per heavy atom. The highest BCUT2D eigenvalue weighted by Crippen LogP contribution is 2.25. The van der Waals surface area contributed by atoms with Gasteiger partial charge in [-0.2, -0.15) is 0 Å². The van der Waals surface area contributed by atoms with Crippen LogP contribution < -0.4 is 5.32 Å². The summed E-state index contributed by atoms with van der Waals surface area (Å²) in [5.41, 5.74) is 1.09. The van der Waals surface area contributed by atoms with Crippen molar-refractivity contribution >= 4 is 27.5 Å². The summed E-state index contributed by atoms with van der Waals surface area (Å²) in [4.78, 5) is 12.5. The van der Waals surface area contributed by atoms with Crippen molar-refractivity contribution in [3.05, 3.63) is 41.7 Å². The summed E-state index contributed by atoms with van der Waals surface area (Å²) in [5, 5.41) is 12.2. The van der Waals surface area contributed by atoms with Crippen LogP contribution in [0.4, 0.5) is 0 Å². The highest BCUT2D eigenvalue weighted by Gasteiger charge is 2.29. The summed E-state index contributed by atoms with van der Waals surface area (Å²) >= 11 is 1.34. The second kappa shape index (κ2) is 9.30. The number of hydrogen-bond acceptors (Lipinski definition) is 6. The molecule has 1 aliphatic rings. The monoisotopic (exact) mass is 436 g/mol. The summed E-state index contributed by atoms with van der Waals surface area (Å²) in [5.74, 6) is 1.82. The fourth-order valence-corrected chi connectivity index (χ4v) is 6.18. The van der Waals surface area contributed by atoms with Crippen LogP contribution in [0, 0.1) is 11.8 Å². The molecule has 1 aromatic carbocycles. The third-order valence-corrected chi connectivity index (χ3v) is 8.05. The topological polar surface area (TPSA) is 94.0 Å². The zero-order valence-corrected chi connectivity index (χ0v) is 18.7. The van der Waals surface area contributed by atoms with E-state index in [1.165, 1.54) is 11.8 Å². The van der Waals surface area contributed by atoms with Crippen molar-refractivity contribution in [2.75, 3.05) is 17.3 Å². The maximum Gasteiger partial charge on any atom is 0.230 e. The molecule has 1 fully saturated rings. The van der Waals surface area contributed by atoms with Gasteiger partial charge in [0.1, 0.15) is 5.82 Å². The van der Waals surface area contributed by atoms with Gasteiger partial charge in [0.2, 0.25) is 5.91 Å². The normalized spacial score (nSPS) is 19.4. The summed E-state index contributed by atoms with van der Waals surface area (Å²) < 4.78 is 25.2. The number of nitrogens with zero attached hydrogens (tertiary/aromatic N) is 3. The highest BCUT2D eigenvalue weighted by molar-refractivity contribution is 7.99. The first kappa shape index (κ1) is 21.8. The minimum Gasteiger partial charge on any atom is -0.348 e. The van der Waals surface area contributed by atoms with Crippen molar-refractivity contribution in [2.45, 2.75) is 37.9 Å². The molecule has 1 aliphatic heterocycles. The Morgan fingerprint density at radius 2 is 2.00 bits per heavy atom. The molecule has 2 heterocycles. The first-order valence-electron chi connectivity index (χ1n) is 9.81. The number of amides is 1. The predicted octanol–water partition coefficient (Wildman–Crippen LogP) is 2.40. The molecule has 7 nitrogen and oxygen atoms in total. The van der Waals surface area contributed by atoms with E-state index in [9.17, 15) is 13.2 Å². The quantitative estimate of drug-likeness (QED) is 0.639. The largest absolute Gasteiger partial charge is 0.348 e. The van der Waals surface area contributed by atoms with Gasteiger partial charge in [0.25, 0.3) is 0 Å². The van der Waals surface area contributed by atoms with Gasteiger partial charge in [0, 0.05) is 13.5 Å². The fourth-order valence-electron chi connectivity index (χ4n) is 3.58. The fraction of sp³-hybridized carbons (Fsp3) is 0.550. The minimum absolute atomic E-state index is 0.0383. The van der Waals surface area contributed by atoms with Crippen molar-refractivity contribution in [3.63, 3.8) is 0 Å². The van der Waals surface area contributed by atoms with E-state index in [1.54, 1.807) is 0 Å². The Balaban J connectivity index is 1.56. The number of benzene rings is 1. The molecule has 0 bridgehead atoms. The third kappa shape index (κ3) is 5.82. The second-order valence-electron chi connectivity index (χ2n) is 7.92. The maximum atomic E-state index is 12.5. The van der Waals surface area contributed by atoms with Crippen molar-refractivity contribution in [3.8, 4) is 0 Å². The number of carbonyl (C=O) groups excluding carboxylic acids is 1. The van der Waals surface area contributed by atoms with Crippen LogP contribution in [0.5, 0.6) is 0 Å². The van der Waals surface area contributed by atoms with Crippen LogP contribution in [0.25, 0.3) is 0 Å². The van der Waals surface area contributed by atoms with E-state index in [0.717, 1.165) is 11.4 Å². The van der Waals surface area contributed by atoms with E-state index in [-0.39, 0.29) is 41.0 Å². The van der Waals surface area contributed by atoms with Crippen LogP contribution in [0.2, 0.25) is 0 Å². The lowest BCUT2D eigenvalue weighted by Gasteiger charge is -2.22. The molecular weight excluding hydrogens is 408 g/mol. The molecule has 1 N–H and O–H groups in total. The first-order chi connectivity index (χ1) is 13.7. The highest BCUT2D eigenvalue weighted by atomic mass is 32.2. The average Bonchev–Trinajstić information content (AvgIpc) is 3.20. The molecule has 1 amide bonds. The molecule has 0 aliphatic carbocycles. The SMILES string of the molecule is CC(C)C(NC(=O)CSc1nnc(CC2CCS(=O)(=O)C2)n1C)c1ccccc1. The van der Waals surface area contributed by atoms with Crippen molar-refractivity contribution in [2.24, 2.45) is 18.9 Å². The van der Waals surface area contributed by atoms with E-state index in [1.807, 2.05) is 41.9 Å². The average molecular weight is 437 g/mol. The lowest BCUT2D eigenvalue weighted by atomic mass is 9.96. The maximum absolute atomic E-state index is 12.5. The Morgan fingerprint density at radius 1 is 1.28 bits per heavy atom. The van der Waals surface area contributed by atoms with Crippen LogP contribution in [0.3, 0.4) is 0 Å². The van der Waals surface area contributed by atoms with Crippen LogP contribution in [-0.4, -0.2) is 46.3 Å². The third-order valence-electron chi connectivity index (χ3n) is 5.20. The molecule has 0 spiro atoms. The Labute approximate surface area is 176 Å².